The zero-order chi connectivity index (χ0) is 27.7. The SMILES string of the molecule is CCOP(=O)(CCC(SC(C)=O)c1ncn(C(c2ccccc2)(c2ccccc2)c2ccccc2)n1)OCC. The van der Waals surface area contributed by atoms with E-state index in [1.165, 1.54) is 6.92 Å². The van der Waals surface area contributed by atoms with Gasteiger partial charge in [0.05, 0.1) is 24.6 Å². The summed E-state index contributed by atoms with van der Waals surface area (Å²) in [5.41, 5.74) is 2.25. The zero-order valence-corrected chi connectivity index (χ0v) is 24.2. The highest BCUT2D eigenvalue weighted by Gasteiger charge is 2.40. The first-order valence-electron chi connectivity index (χ1n) is 13.1. The van der Waals surface area contributed by atoms with Gasteiger partial charge in [0.2, 0.25) is 0 Å². The Morgan fingerprint density at radius 2 is 1.33 bits per heavy atom. The van der Waals surface area contributed by atoms with Crippen LogP contribution in [0.3, 0.4) is 0 Å². The molecule has 3 aromatic carbocycles. The molecule has 0 amide bonds. The molecule has 0 radical (unpaired) electrons. The highest BCUT2D eigenvalue weighted by molar-refractivity contribution is 8.13. The molecule has 0 fully saturated rings. The number of carbonyl (C=O) groups excluding carboxylic acids is 1. The Morgan fingerprint density at radius 3 is 1.74 bits per heavy atom. The molecule has 0 aliphatic carbocycles. The predicted octanol–water partition coefficient (Wildman–Crippen LogP) is 7.10. The molecule has 4 aromatic rings. The number of hydrogen-bond donors (Lipinski definition) is 0. The van der Waals surface area contributed by atoms with E-state index in [4.69, 9.17) is 19.1 Å². The molecule has 204 valence electrons. The van der Waals surface area contributed by atoms with Crippen molar-refractivity contribution in [1.29, 1.82) is 0 Å². The van der Waals surface area contributed by atoms with Crippen molar-refractivity contribution in [3.8, 4) is 0 Å². The van der Waals surface area contributed by atoms with Crippen LogP contribution in [0, 0.1) is 0 Å². The topological polar surface area (TPSA) is 83.3 Å². The molecular formula is C30H34N3O4PS. The Morgan fingerprint density at radius 1 is 0.872 bits per heavy atom. The van der Waals surface area contributed by atoms with Gasteiger partial charge in [-0.2, -0.15) is 5.10 Å². The van der Waals surface area contributed by atoms with Crippen molar-refractivity contribution in [2.45, 2.75) is 38.0 Å². The third-order valence-corrected chi connectivity index (χ3v) is 9.51. The van der Waals surface area contributed by atoms with Crippen LogP contribution in [0.15, 0.2) is 97.3 Å². The Kier molecular flexibility index (Phi) is 9.92. The summed E-state index contributed by atoms with van der Waals surface area (Å²) in [6, 6.07) is 30.6. The maximum Gasteiger partial charge on any atom is 0.330 e. The largest absolute Gasteiger partial charge is 0.330 e. The number of hydrogen-bond acceptors (Lipinski definition) is 7. The molecule has 0 saturated carbocycles. The molecule has 9 heteroatoms. The van der Waals surface area contributed by atoms with Gasteiger partial charge in [0.15, 0.2) is 10.9 Å². The summed E-state index contributed by atoms with van der Waals surface area (Å²) < 4.78 is 26.0. The minimum atomic E-state index is -3.29. The van der Waals surface area contributed by atoms with Crippen LogP contribution in [0.5, 0.6) is 0 Å². The monoisotopic (exact) mass is 563 g/mol. The lowest BCUT2D eigenvalue weighted by Crippen LogP contribution is -2.38. The van der Waals surface area contributed by atoms with E-state index in [-0.39, 0.29) is 24.5 Å². The van der Waals surface area contributed by atoms with Crippen LogP contribution < -0.4 is 0 Å². The predicted molar refractivity (Wildman–Crippen MR) is 156 cm³/mol. The molecular weight excluding hydrogens is 529 g/mol. The molecule has 0 saturated heterocycles. The first-order valence-corrected chi connectivity index (χ1v) is 15.7. The number of aromatic nitrogens is 3. The molecule has 0 bridgehead atoms. The number of nitrogens with zero attached hydrogens (tertiary/aromatic N) is 3. The fourth-order valence-electron chi connectivity index (χ4n) is 4.80. The summed E-state index contributed by atoms with van der Waals surface area (Å²) in [4.78, 5) is 17.0. The van der Waals surface area contributed by atoms with Crippen molar-refractivity contribution in [1.82, 2.24) is 14.8 Å². The molecule has 0 aliphatic heterocycles. The number of rotatable bonds is 13. The molecule has 7 nitrogen and oxygen atoms in total. The third kappa shape index (κ3) is 6.59. The standard InChI is InChI=1S/C30H34N3O4PS/c1-4-36-38(35,37-5-2)22-21-28(39-24(3)34)29-31-23-33(32-29)30(25-15-9-6-10-16-25,26-17-11-7-12-18-26)27-19-13-8-14-20-27/h6-20,23,28H,4-5,21-22H2,1-3H3. The van der Waals surface area contributed by atoms with Gasteiger partial charge in [-0.25, -0.2) is 9.67 Å². The van der Waals surface area contributed by atoms with Gasteiger partial charge in [0.25, 0.3) is 0 Å². The molecule has 1 atom stereocenters. The number of benzene rings is 3. The number of thioether (sulfide) groups is 1. The van der Waals surface area contributed by atoms with Crippen LogP contribution in [-0.2, 0) is 23.9 Å². The van der Waals surface area contributed by atoms with Gasteiger partial charge in [-0.1, -0.05) is 103 Å². The maximum absolute atomic E-state index is 13.2. The van der Waals surface area contributed by atoms with Crippen LogP contribution in [0.25, 0.3) is 0 Å². The lowest BCUT2D eigenvalue weighted by Gasteiger charge is -2.36. The van der Waals surface area contributed by atoms with Gasteiger partial charge < -0.3 is 9.05 Å². The van der Waals surface area contributed by atoms with E-state index in [1.54, 1.807) is 20.2 Å². The van der Waals surface area contributed by atoms with E-state index < -0.39 is 18.4 Å². The van der Waals surface area contributed by atoms with E-state index >= 15 is 0 Å². The second kappa shape index (κ2) is 13.4. The normalized spacial score (nSPS) is 12.8. The molecule has 0 N–H and O–H groups in total. The van der Waals surface area contributed by atoms with E-state index in [2.05, 4.69) is 36.4 Å². The maximum atomic E-state index is 13.2. The smallest absolute Gasteiger partial charge is 0.309 e. The molecule has 1 unspecified atom stereocenters. The van der Waals surface area contributed by atoms with Gasteiger partial charge in [-0.15, -0.1) is 0 Å². The van der Waals surface area contributed by atoms with Crippen LogP contribution >= 0.6 is 19.4 Å². The van der Waals surface area contributed by atoms with Crippen LogP contribution in [0.2, 0.25) is 0 Å². The average Bonchev–Trinajstić information content (AvgIpc) is 3.44. The Bertz CT molecular complexity index is 1280. The quantitative estimate of drug-likeness (QED) is 0.127. The first kappa shape index (κ1) is 29.0. The van der Waals surface area contributed by atoms with Gasteiger partial charge in [0, 0.05) is 6.92 Å². The van der Waals surface area contributed by atoms with Crippen molar-refractivity contribution >= 4 is 24.5 Å². The molecule has 1 aromatic heterocycles. The summed E-state index contributed by atoms with van der Waals surface area (Å²) >= 11 is 1.13. The first-order chi connectivity index (χ1) is 18.9. The lowest BCUT2D eigenvalue weighted by molar-refractivity contribution is -0.109. The molecule has 4 rings (SSSR count). The molecule has 0 spiro atoms. The second-order valence-electron chi connectivity index (χ2n) is 8.91. The summed E-state index contributed by atoms with van der Waals surface area (Å²) in [6.45, 7) is 5.65. The number of carbonyl (C=O) groups is 1. The highest BCUT2D eigenvalue weighted by atomic mass is 32.2. The van der Waals surface area contributed by atoms with E-state index in [0.29, 0.717) is 12.2 Å². The van der Waals surface area contributed by atoms with Crippen LogP contribution in [0.1, 0.15) is 55.0 Å². The molecule has 39 heavy (non-hydrogen) atoms. The molecule has 0 aliphatic rings. The van der Waals surface area contributed by atoms with Crippen molar-refractivity contribution in [2.24, 2.45) is 0 Å². The van der Waals surface area contributed by atoms with Crippen molar-refractivity contribution in [3.63, 3.8) is 0 Å². The van der Waals surface area contributed by atoms with Gasteiger partial charge in [-0.3, -0.25) is 9.36 Å². The molecule has 1 heterocycles. The Labute approximate surface area is 234 Å². The van der Waals surface area contributed by atoms with E-state index in [0.717, 1.165) is 28.5 Å². The van der Waals surface area contributed by atoms with Crippen LogP contribution in [0.4, 0.5) is 0 Å². The summed E-state index contributed by atoms with van der Waals surface area (Å²) in [5.74, 6) is 0.488. The third-order valence-electron chi connectivity index (χ3n) is 6.34. The van der Waals surface area contributed by atoms with Gasteiger partial charge in [-0.05, 0) is 37.0 Å². The fraction of sp³-hybridized carbons (Fsp3) is 0.300. The summed E-state index contributed by atoms with van der Waals surface area (Å²) in [5, 5.41) is 4.53. The van der Waals surface area contributed by atoms with Gasteiger partial charge >= 0.3 is 7.60 Å². The van der Waals surface area contributed by atoms with Gasteiger partial charge in [0.1, 0.15) is 11.9 Å². The van der Waals surface area contributed by atoms with E-state index in [9.17, 15) is 9.36 Å². The van der Waals surface area contributed by atoms with Crippen molar-refractivity contribution in [2.75, 3.05) is 19.4 Å². The fourth-order valence-corrected chi connectivity index (χ4v) is 7.51. The van der Waals surface area contributed by atoms with Crippen molar-refractivity contribution in [3.05, 3.63) is 120 Å². The van der Waals surface area contributed by atoms with Crippen molar-refractivity contribution < 1.29 is 18.4 Å². The van der Waals surface area contributed by atoms with Crippen LogP contribution in [-0.4, -0.2) is 39.3 Å². The average molecular weight is 564 g/mol. The van der Waals surface area contributed by atoms with E-state index in [1.807, 2.05) is 59.3 Å². The minimum Gasteiger partial charge on any atom is -0.309 e. The zero-order valence-electron chi connectivity index (χ0n) is 22.5. The lowest BCUT2D eigenvalue weighted by atomic mass is 9.77. The highest BCUT2D eigenvalue weighted by Crippen LogP contribution is 2.51. The second-order valence-corrected chi connectivity index (χ2v) is 12.5. The summed E-state index contributed by atoms with van der Waals surface area (Å²) in [6.07, 6.45) is 2.25. The summed E-state index contributed by atoms with van der Waals surface area (Å²) in [7, 11) is -3.29. The minimum absolute atomic E-state index is 0.0700. The Hall–Kier alpha value is -3.03. The Balaban J connectivity index is 1.83.